The van der Waals surface area contributed by atoms with Crippen molar-refractivity contribution in [3.05, 3.63) is 10.6 Å². The number of nitrogens with zero attached hydrogens (tertiary/aromatic N) is 3. The molecule has 0 aromatic carbocycles. The van der Waals surface area contributed by atoms with E-state index < -0.39 is 18.0 Å². The van der Waals surface area contributed by atoms with Crippen LogP contribution in [0.25, 0.3) is 0 Å². The van der Waals surface area contributed by atoms with E-state index in [1.807, 2.05) is 14.1 Å². The molecular weight excluding hydrogens is 320 g/mol. The Morgan fingerprint density at radius 2 is 2.30 bits per heavy atom. The zero-order valence-electron chi connectivity index (χ0n) is 13.4. The van der Waals surface area contributed by atoms with Crippen molar-refractivity contribution in [1.29, 1.82) is 0 Å². The maximum absolute atomic E-state index is 12.0. The average molecular weight is 342 g/mol. The average Bonchev–Trinajstić information content (AvgIpc) is 2.76. The number of β-lactam (4-membered cyclic amide) rings is 1. The molecule has 3 atom stereocenters. The predicted molar refractivity (Wildman–Crippen MR) is 87.7 cm³/mol. The summed E-state index contributed by atoms with van der Waals surface area (Å²) in [5.74, 6) is -1.26. The highest BCUT2D eigenvalue weighted by molar-refractivity contribution is 8.03. The number of aliphatic hydroxyl groups is 1. The minimum absolute atomic E-state index is 0.0669. The third-order valence-electron chi connectivity index (χ3n) is 3.79. The minimum atomic E-state index is -1.09. The van der Waals surface area contributed by atoms with Crippen LogP contribution >= 0.6 is 11.8 Å². The number of carbonyl (C=O) groups is 2. The molecule has 23 heavy (non-hydrogen) atoms. The van der Waals surface area contributed by atoms with Crippen LogP contribution in [-0.2, 0) is 9.59 Å². The molecule has 8 nitrogen and oxygen atoms in total. The molecular formula is C14H22N4O4S. The lowest BCUT2D eigenvalue weighted by atomic mass is 9.83. The number of nitrogens with one attached hydrogen (secondary N) is 1. The first-order valence-corrected chi connectivity index (χ1v) is 8.35. The second-order valence-corrected chi connectivity index (χ2v) is 6.92. The SMILES string of the molecule is C[C@@H](O)[C@H]1C(=O)N2C(C(=O)O)=C(SCCN=CNN(C)C)C[C@H]12. The number of aliphatic carboxylic acids is 1. The Labute approximate surface area is 139 Å². The van der Waals surface area contributed by atoms with Crippen LogP contribution in [0.1, 0.15) is 13.3 Å². The van der Waals surface area contributed by atoms with E-state index in [9.17, 15) is 19.8 Å². The quantitative estimate of drug-likeness (QED) is 0.183. The van der Waals surface area contributed by atoms with Gasteiger partial charge in [-0.05, 0) is 6.92 Å². The molecule has 2 aliphatic rings. The molecule has 0 aliphatic carbocycles. The lowest BCUT2D eigenvalue weighted by Gasteiger charge is -2.44. The van der Waals surface area contributed by atoms with Gasteiger partial charge in [0.05, 0.1) is 30.9 Å². The molecule has 0 aromatic heterocycles. The molecule has 0 bridgehead atoms. The first-order valence-electron chi connectivity index (χ1n) is 7.36. The van der Waals surface area contributed by atoms with Gasteiger partial charge in [0, 0.05) is 31.2 Å². The summed E-state index contributed by atoms with van der Waals surface area (Å²) in [6.45, 7) is 2.11. The van der Waals surface area contributed by atoms with E-state index in [-0.39, 0.29) is 17.6 Å². The molecule has 0 unspecified atom stereocenters. The zero-order chi connectivity index (χ0) is 17.1. The lowest BCUT2D eigenvalue weighted by molar-refractivity contribution is -0.161. The van der Waals surface area contributed by atoms with Gasteiger partial charge in [0.2, 0.25) is 5.91 Å². The Hall–Kier alpha value is -1.58. The summed E-state index contributed by atoms with van der Waals surface area (Å²) in [5.41, 5.74) is 2.96. The summed E-state index contributed by atoms with van der Waals surface area (Å²) in [7, 11) is 3.70. The fourth-order valence-corrected chi connectivity index (χ4v) is 3.86. The van der Waals surface area contributed by atoms with Crippen molar-refractivity contribution in [3.8, 4) is 0 Å². The molecule has 3 N–H and O–H groups in total. The predicted octanol–water partition coefficient (Wildman–Crippen LogP) is -0.278. The summed E-state index contributed by atoms with van der Waals surface area (Å²) in [6, 6.07) is -0.227. The number of thioether (sulfide) groups is 1. The summed E-state index contributed by atoms with van der Waals surface area (Å²) in [6.07, 6.45) is 1.32. The molecule has 2 aliphatic heterocycles. The van der Waals surface area contributed by atoms with Gasteiger partial charge in [0.1, 0.15) is 5.70 Å². The monoisotopic (exact) mass is 342 g/mol. The molecule has 0 spiro atoms. The van der Waals surface area contributed by atoms with Gasteiger partial charge in [-0.25, -0.2) is 9.80 Å². The van der Waals surface area contributed by atoms with E-state index in [2.05, 4.69) is 10.4 Å². The van der Waals surface area contributed by atoms with Gasteiger partial charge >= 0.3 is 5.97 Å². The largest absolute Gasteiger partial charge is 0.477 e. The van der Waals surface area contributed by atoms with Gasteiger partial charge in [-0.3, -0.25) is 9.79 Å². The Kier molecular flexibility index (Phi) is 5.66. The number of hydrazine groups is 1. The number of fused-ring (bicyclic) bond motifs is 1. The smallest absolute Gasteiger partial charge is 0.353 e. The fourth-order valence-electron chi connectivity index (χ4n) is 2.80. The molecule has 0 aromatic rings. The third kappa shape index (κ3) is 3.67. The van der Waals surface area contributed by atoms with Gasteiger partial charge in [0.15, 0.2) is 0 Å². The van der Waals surface area contributed by atoms with Crippen LogP contribution in [0.4, 0.5) is 0 Å². The number of hydrogen-bond donors (Lipinski definition) is 3. The number of aliphatic imine (C=N–C) groups is 1. The topological polar surface area (TPSA) is 105 Å². The van der Waals surface area contributed by atoms with Crippen molar-refractivity contribution in [2.45, 2.75) is 25.5 Å². The molecule has 2 rings (SSSR count). The maximum atomic E-state index is 12.0. The van der Waals surface area contributed by atoms with Gasteiger partial charge in [-0.2, -0.15) is 0 Å². The first-order chi connectivity index (χ1) is 10.8. The minimum Gasteiger partial charge on any atom is -0.477 e. The van der Waals surface area contributed by atoms with Gasteiger partial charge in [-0.15, -0.1) is 11.8 Å². The third-order valence-corrected chi connectivity index (χ3v) is 4.89. The van der Waals surface area contributed by atoms with Crippen LogP contribution in [0.2, 0.25) is 0 Å². The van der Waals surface area contributed by atoms with Crippen molar-refractivity contribution < 1.29 is 19.8 Å². The van der Waals surface area contributed by atoms with Crippen molar-refractivity contribution in [1.82, 2.24) is 15.3 Å². The van der Waals surface area contributed by atoms with E-state index in [1.54, 1.807) is 18.3 Å². The van der Waals surface area contributed by atoms with Gasteiger partial charge < -0.3 is 20.5 Å². The number of rotatable bonds is 8. The van der Waals surface area contributed by atoms with E-state index in [0.717, 1.165) is 0 Å². The zero-order valence-corrected chi connectivity index (χ0v) is 14.2. The summed E-state index contributed by atoms with van der Waals surface area (Å²) in [5, 5.41) is 20.8. The normalized spacial score (nSPS) is 25.1. The summed E-state index contributed by atoms with van der Waals surface area (Å²) < 4.78 is 0. The van der Waals surface area contributed by atoms with E-state index >= 15 is 0 Å². The van der Waals surface area contributed by atoms with Crippen molar-refractivity contribution in [2.24, 2.45) is 10.9 Å². The van der Waals surface area contributed by atoms with Gasteiger partial charge in [-0.1, -0.05) is 0 Å². The van der Waals surface area contributed by atoms with Crippen LogP contribution in [0, 0.1) is 5.92 Å². The Bertz CT molecular complexity index is 547. The fraction of sp³-hybridized carbons (Fsp3) is 0.643. The molecule has 1 saturated heterocycles. The first kappa shape index (κ1) is 17.8. The second-order valence-electron chi connectivity index (χ2n) is 5.73. The molecule has 2 heterocycles. The number of hydrogen-bond acceptors (Lipinski definition) is 6. The second kappa shape index (κ2) is 7.33. The Morgan fingerprint density at radius 3 is 2.87 bits per heavy atom. The van der Waals surface area contributed by atoms with Crippen molar-refractivity contribution in [3.63, 3.8) is 0 Å². The van der Waals surface area contributed by atoms with E-state index in [4.69, 9.17) is 0 Å². The molecule has 128 valence electrons. The number of carboxylic acids is 1. The number of carboxylic acid groups (broad SMARTS) is 1. The standard InChI is InChI=1S/C14H22N4O4S/c1-8(19)11-9-6-10(12(14(21)22)18(9)13(11)20)23-5-4-15-7-16-17(2)3/h7-9,11,19H,4-6H2,1-3H3,(H,15,16)(H,21,22)/t8-,9-,11-/m1/s1. The van der Waals surface area contributed by atoms with Crippen LogP contribution in [0.5, 0.6) is 0 Å². The van der Waals surface area contributed by atoms with Crippen LogP contribution in [-0.4, -0.2) is 76.9 Å². The summed E-state index contributed by atoms with van der Waals surface area (Å²) >= 11 is 1.41. The van der Waals surface area contributed by atoms with Crippen LogP contribution < -0.4 is 5.43 Å². The van der Waals surface area contributed by atoms with Crippen LogP contribution in [0.15, 0.2) is 15.6 Å². The van der Waals surface area contributed by atoms with Crippen molar-refractivity contribution in [2.75, 3.05) is 26.4 Å². The highest BCUT2D eigenvalue weighted by Gasteiger charge is 2.56. The Morgan fingerprint density at radius 1 is 1.61 bits per heavy atom. The van der Waals surface area contributed by atoms with Crippen molar-refractivity contribution >= 4 is 30.0 Å². The van der Waals surface area contributed by atoms with E-state index in [0.29, 0.717) is 23.6 Å². The highest BCUT2D eigenvalue weighted by atomic mass is 32.2. The summed E-state index contributed by atoms with van der Waals surface area (Å²) in [4.78, 5) is 29.7. The number of amides is 1. The van der Waals surface area contributed by atoms with E-state index in [1.165, 1.54) is 16.7 Å². The van der Waals surface area contributed by atoms with Crippen LogP contribution in [0.3, 0.4) is 0 Å². The number of aliphatic hydroxyl groups excluding tert-OH is 1. The van der Waals surface area contributed by atoms with Gasteiger partial charge in [0.25, 0.3) is 0 Å². The maximum Gasteiger partial charge on any atom is 0.353 e. The molecule has 1 fully saturated rings. The molecule has 0 saturated carbocycles. The number of carbonyl (C=O) groups excluding carboxylic acids is 1. The molecule has 9 heteroatoms. The highest BCUT2D eigenvalue weighted by Crippen LogP contribution is 2.46. The molecule has 1 amide bonds. The molecule has 0 radical (unpaired) electrons. The Balaban J connectivity index is 1.94. The lowest BCUT2D eigenvalue weighted by Crippen LogP contribution is -2.61.